The molecule has 0 unspecified atom stereocenters. The van der Waals surface area contributed by atoms with Gasteiger partial charge in [-0.2, -0.15) is 0 Å². The van der Waals surface area contributed by atoms with Crippen LogP contribution >= 0.6 is 0 Å². The Morgan fingerprint density at radius 3 is 2.62 bits per heavy atom. The van der Waals surface area contributed by atoms with Gasteiger partial charge in [0.1, 0.15) is 5.82 Å². The number of hydrogen-bond donors (Lipinski definition) is 2. The molecule has 0 aromatic heterocycles. The lowest BCUT2D eigenvalue weighted by atomic mass is 10.1. The van der Waals surface area contributed by atoms with Gasteiger partial charge in [0.05, 0.1) is 4.92 Å². The number of nitrogens with two attached hydrogens (primary N) is 2. The van der Waals surface area contributed by atoms with Gasteiger partial charge in [0.15, 0.2) is 5.82 Å². The average Bonchev–Trinajstić information content (AvgIpc) is 2.16. The van der Waals surface area contributed by atoms with Crippen molar-refractivity contribution in [2.45, 2.75) is 12.8 Å². The fourth-order valence-electron chi connectivity index (χ4n) is 1.30. The number of aryl methyl sites for hydroxylation is 1. The Bertz CT molecular complexity index is 428. The van der Waals surface area contributed by atoms with Crippen molar-refractivity contribution in [1.82, 2.24) is 0 Å². The lowest BCUT2D eigenvalue weighted by Gasteiger charge is -2.01. The van der Waals surface area contributed by atoms with E-state index in [0.29, 0.717) is 12.0 Å². The van der Waals surface area contributed by atoms with Crippen molar-refractivity contribution in [2.24, 2.45) is 11.5 Å². The van der Waals surface area contributed by atoms with Crippen LogP contribution in [0.3, 0.4) is 0 Å². The zero-order valence-electron chi connectivity index (χ0n) is 8.52. The maximum absolute atomic E-state index is 12.8. The number of nitro groups is 1. The number of rotatable bonds is 4. The Labute approximate surface area is 91.7 Å². The summed E-state index contributed by atoms with van der Waals surface area (Å²) in [5.74, 6) is -0.675. The maximum atomic E-state index is 12.8. The fourth-order valence-corrected chi connectivity index (χ4v) is 1.30. The molecule has 5 nitrogen and oxygen atoms in total. The summed E-state index contributed by atoms with van der Waals surface area (Å²) in [7, 11) is 0. The standard InChI is InChI=1S/C10H12FN3O2/c11-8-3-1-2-7(6-8)4-5-9(10(12)13)14(15)16/h1-3,6H,4-5,12-13H2. The third-order valence-electron chi connectivity index (χ3n) is 2.09. The SMILES string of the molecule is NC(N)=C(CCc1cccc(F)c1)[N+](=O)[O-]. The Kier molecular flexibility index (Phi) is 3.82. The molecule has 0 heterocycles. The van der Waals surface area contributed by atoms with Crippen LogP contribution in [-0.4, -0.2) is 4.92 Å². The second-order valence-electron chi connectivity index (χ2n) is 3.29. The van der Waals surface area contributed by atoms with E-state index < -0.39 is 4.92 Å². The molecule has 6 heteroatoms. The van der Waals surface area contributed by atoms with Crippen LogP contribution in [-0.2, 0) is 6.42 Å². The van der Waals surface area contributed by atoms with Gasteiger partial charge in [-0.05, 0) is 24.1 Å². The third kappa shape index (κ3) is 3.23. The van der Waals surface area contributed by atoms with Crippen LogP contribution < -0.4 is 11.5 Å². The first kappa shape index (κ1) is 12.0. The van der Waals surface area contributed by atoms with Gasteiger partial charge in [-0.15, -0.1) is 0 Å². The molecule has 0 radical (unpaired) electrons. The summed E-state index contributed by atoms with van der Waals surface area (Å²) in [5.41, 5.74) is 10.8. The Balaban J connectivity index is 2.71. The quantitative estimate of drug-likeness (QED) is 0.593. The number of allylic oxidation sites excluding steroid dienone is 1. The minimum absolute atomic E-state index is 0.0821. The topological polar surface area (TPSA) is 95.2 Å². The molecule has 1 aromatic rings. The molecule has 0 bridgehead atoms. The zero-order valence-corrected chi connectivity index (χ0v) is 8.52. The summed E-state index contributed by atoms with van der Waals surface area (Å²) in [6, 6.07) is 5.87. The molecule has 0 aliphatic rings. The highest BCUT2D eigenvalue weighted by Crippen LogP contribution is 2.11. The van der Waals surface area contributed by atoms with Crippen molar-refractivity contribution in [3.05, 3.63) is 57.3 Å². The molecule has 0 aliphatic heterocycles. The molecule has 0 amide bonds. The van der Waals surface area contributed by atoms with E-state index in [0.717, 1.165) is 0 Å². The molecule has 86 valence electrons. The summed E-state index contributed by atoms with van der Waals surface area (Å²) in [4.78, 5) is 9.93. The first-order valence-electron chi connectivity index (χ1n) is 4.63. The number of nitrogens with zero attached hydrogens (tertiary/aromatic N) is 1. The van der Waals surface area contributed by atoms with Gasteiger partial charge >= 0.3 is 0 Å². The normalized spacial score (nSPS) is 9.81. The number of halogens is 1. The van der Waals surface area contributed by atoms with E-state index in [1.165, 1.54) is 12.1 Å². The maximum Gasteiger partial charge on any atom is 0.285 e. The number of benzene rings is 1. The molecule has 4 N–H and O–H groups in total. The molecule has 0 saturated carbocycles. The lowest BCUT2D eigenvalue weighted by molar-refractivity contribution is -0.429. The van der Waals surface area contributed by atoms with E-state index in [9.17, 15) is 14.5 Å². The van der Waals surface area contributed by atoms with E-state index >= 15 is 0 Å². The molecule has 1 rings (SSSR count). The summed E-state index contributed by atoms with van der Waals surface area (Å²) in [6.45, 7) is 0. The van der Waals surface area contributed by atoms with Crippen molar-refractivity contribution in [3.8, 4) is 0 Å². The van der Waals surface area contributed by atoms with Gasteiger partial charge in [0, 0.05) is 6.42 Å². The van der Waals surface area contributed by atoms with Gasteiger partial charge in [0.25, 0.3) is 5.70 Å². The second kappa shape index (κ2) is 5.11. The Hall–Kier alpha value is -2.11. The van der Waals surface area contributed by atoms with Gasteiger partial charge < -0.3 is 11.5 Å². The third-order valence-corrected chi connectivity index (χ3v) is 2.09. The van der Waals surface area contributed by atoms with Crippen LogP contribution in [0.5, 0.6) is 0 Å². The monoisotopic (exact) mass is 225 g/mol. The second-order valence-corrected chi connectivity index (χ2v) is 3.29. The molecule has 0 saturated heterocycles. The Morgan fingerprint density at radius 1 is 1.44 bits per heavy atom. The van der Waals surface area contributed by atoms with Crippen LogP contribution in [0.1, 0.15) is 12.0 Å². The largest absolute Gasteiger partial charge is 0.380 e. The first-order chi connectivity index (χ1) is 7.50. The smallest absolute Gasteiger partial charge is 0.285 e. The minimum Gasteiger partial charge on any atom is -0.380 e. The molecule has 1 aromatic carbocycles. The summed E-state index contributed by atoms with van der Waals surface area (Å²) in [5, 5.41) is 10.5. The predicted molar refractivity (Wildman–Crippen MR) is 57.1 cm³/mol. The highest BCUT2D eigenvalue weighted by molar-refractivity contribution is 5.17. The van der Waals surface area contributed by atoms with Crippen molar-refractivity contribution >= 4 is 0 Å². The average molecular weight is 225 g/mol. The highest BCUT2D eigenvalue weighted by Gasteiger charge is 2.14. The van der Waals surface area contributed by atoms with E-state index in [1.807, 2.05) is 0 Å². The van der Waals surface area contributed by atoms with Crippen molar-refractivity contribution in [2.75, 3.05) is 0 Å². The molecule has 0 spiro atoms. The fraction of sp³-hybridized carbons (Fsp3) is 0.200. The minimum atomic E-state index is -0.616. The van der Waals surface area contributed by atoms with Crippen LogP contribution in [0.2, 0.25) is 0 Å². The van der Waals surface area contributed by atoms with Crippen LogP contribution in [0, 0.1) is 15.9 Å². The molecule has 0 fully saturated rings. The van der Waals surface area contributed by atoms with Crippen molar-refractivity contribution in [3.63, 3.8) is 0 Å². The van der Waals surface area contributed by atoms with Crippen molar-refractivity contribution < 1.29 is 9.31 Å². The van der Waals surface area contributed by atoms with Gasteiger partial charge in [-0.25, -0.2) is 4.39 Å². The van der Waals surface area contributed by atoms with Crippen LogP contribution in [0.4, 0.5) is 4.39 Å². The van der Waals surface area contributed by atoms with E-state index in [1.54, 1.807) is 12.1 Å². The van der Waals surface area contributed by atoms with E-state index in [-0.39, 0.29) is 23.8 Å². The Morgan fingerprint density at radius 2 is 2.12 bits per heavy atom. The summed E-state index contributed by atoms with van der Waals surface area (Å²) >= 11 is 0. The highest BCUT2D eigenvalue weighted by atomic mass is 19.1. The summed E-state index contributed by atoms with van der Waals surface area (Å²) in [6.07, 6.45) is 0.407. The van der Waals surface area contributed by atoms with Crippen molar-refractivity contribution in [1.29, 1.82) is 0 Å². The predicted octanol–water partition coefficient (Wildman–Crippen LogP) is 1.12. The van der Waals surface area contributed by atoms with Crippen LogP contribution in [0.15, 0.2) is 35.8 Å². The van der Waals surface area contributed by atoms with E-state index in [4.69, 9.17) is 11.5 Å². The van der Waals surface area contributed by atoms with Gasteiger partial charge in [0.2, 0.25) is 0 Å². The molecular formula is C10H12FN3O2. The first-order valence-corrected chi connectivity index (χ1v) is 4.63. The van der Waals surface area contributed by atoms with Crippen LogP contribution in [0.25, 0.3) is 0 Å². The molecule has 0 aliphatic carbocycles. The van der Waals surface area contributed by atoms with Gasteiger partial charge in [-0.3, -0.25) is 10.1 Å². The summed E-state index contributed by atoms with van der Waals surface area (Å²) < 4.78 is 12.8. The van der Waals surface area contributed by atoms with E-state index in [2.05, 4.69) is 0 Å². The number of hydrogen-bond acceptors (Lipinski definition) is 4. The van der Waals surface area contributed by atoms with Gasteiger partial charge in [-0.1, -0.05) is 12.1 Å². The lowest BCUT2D eigenvalue weighted by Crippen LogP contribution is -2.17. The molecule has 16 heavy (non-hydrogen) atoms. The molecular weight excluding hydrogens is 213 g/mol. The zero-order chi connectivity index (χ0) is 12.1. The molecule has 0 atom stereocenters.